The van der Waals surface area contributed by atoms with E-state index in [2.05, 4.69) is 43.8 Å². The van der Waals surface area contributed by atoms with Gasteiger partial charge in [-0.05, 0) is 59.6 Å². The summed E-state index contributed by atoms with van der Waals surface area (Å²) in [5.41, 5.74) is 4.23. The number of aryl methyl sites for hydroxylation is 2. The fourth-order valence-corrected chi connectivity index (χ4v) is 5.43. The number of hydrogen-bond donors (Lipinski definition) is 0. The highest BCUT2D eigenvalue weighted by atomic mass is 19.1. The Labute approximate surface area is 193 Å². The Balaban J connectivity index is 1.42. The molecule has 0 radical (unpaired) electrons. The van der Waals surface area contributed by atoms with Crippen LogP contribution in [0.1, 0.15) is 69.4 Å². The summed E-state index contributed by atoms with van der Waals surface area (Å²) >= 11 is 0. The van der Waals surface area contributed by atoms with Crippen LogP contribution in [0, 0.1) is 17.7 Å². The van der Waals surface area contributed by atoms with Crippen molar-refractivity contribution in [2.45, 2.75) is 71.1 Å². The molecule has 4 rings (SSSR count). The molecule has 0 bridgehead atoms. The quantitative estimate of drug-likeness (QED) is 0.298. The smallest absolute Gasteiger partial charge is 0.138 e. The van der Waals surface area contributed by atoms with E-state index in [4.69, 9.17) is 0 Å². The van der Waals surface area contributed by atoms with Crippen LogP contribution >= 0.6 is 0 Å². The molecule has 3 aromatic carbocycles. The number of halogens is 1. The average molecular weight is 429 g/mol. The molecule has 0 nitrogen and oxygen atoms in total. The summed E-state index contributed by atoms with van der Waals surface area (Å²) in [6.45, 7) is 6.09. The Bertz CT molecular complexity index is 1020. The largest absolute Gasteiger partial charge is 0.206 e. The summed E-state index contributed by atoms with van der Waals surface area (Å²) in [5.74, 6) is 1.73. The van der Waals surface area contributed by atoms with Gasteiger partial charge in [0.2, 0.25) is 0 Å². The van der Waals surface area contributed by atoms with E-state index in [0.29, 0.717) is 5.56 Å². The molecule has 0 atom stereocenters. The van der Waals surface area contributed by atoms with Crippen molar-refractivity contribution >= 4 is 10.8 Å². The third kappa shape index (κ3) is 5.49. The van der Waals surface area contributed by atoms with Crippen molar-refractivity contribution < 1.29 is 4.39 Å². The second-order valence-electron chi connectivity index (χ2n) is 9.72. The van der Waals surface area contributed by atoms with Crippen molar-refractivity contribution in [2.75, 3.05) is 0 Å². The summed E-state index contributed by atoms with van der Waals surface area (Å²) in [6, 6.07) is 18.6. The first-order chi connectivity index (χ1) is 15.7. The molecule has 1 aliphatic rings. The van der Waals surface area contributed by atoms with Gasteiger partial charge in [-0.25, -0.2) is 4.39 Å². The first-order valence-electron chi connectivity index (χ1n) is 12.6. The molecule has 0 spiro atoms. The lowest BCUT2D eigenvalue weighted by atomic mass is 9.78. The molecule has 0 N–H and O–H groups in total. The van der Waals surface area contributed by atoms with Gasteiger partial charge >= 0.3 is 0 Å². The highest BCUT2D eigenvalue weighted by molar-refractivity contribution is 5.88. The topological polar surface area (TPSA) is 0 Å². The van der Waals surface area contributed by atoms with Gasteiger partial charge < -0.3 is 0 Å². The van der Waals surface area contributed by atoms with Gasteiger partial charge in [-0.3, -0.25) is 0 Å². The van der Waals surface area contributed by atoms with E-state index in [1.54, 1.807) is 0 Å². The summed E-state index contributed by atoms with van der Waals surface area (Å²) < 4.78 is 15.4. The van der Waals surface area contributed by atoms with E-state index in [-0.39, 0.29) is 5.82 Å². The van der Waals surface area contributed by atoms with Gasteiger partial charge in [0.15, 0.2) is 0 Å². The third-order valence-corrected chi connectivity index (χ3v) is 7.43. The lowest BCUT2D eigenvalue weighted by Crippen LogP contribution is -2.15. The summed E-state index contributed by atoms with van der Waals surface area (Å²) in [4.78, 5) is 0. The van der Waals surface area contributed by atoms with E-state index in [1.165, 1.54) is 56.1 Å². The van der Waals surface area contributed by atoms with Gasteiger partial charge in [0.1, 0.15) is 5.82 Å². The Morgan fingerprint density at radius 1 is 0.844 bits per heavy atom. The molecule has 1 fully saturated rings. The highest BCUT2D eigenvalue weighted by Gasteiger charge is 2.20. The molecule has 1 heteroatoms. The van der Waals surface area contributed by atoms with Crippen molar-refractivity contribution in [3.05, 3.63) is 84.2 Å². The minimum absolute atomic E-state index is 0.109. The van der Waals surface area contributed by atoms with Crippen LogP contribution in [0.25, 0.3) is 21.9 Å². The highest BCUT2D eigenvalue weighted by Crippen LogP contribution is 2.34. The van der Waals surface area contributed by atoms with Crippen LogP contribution < -0.4 is 0 Å². The maximum absolute atomic E-state index is 15.4. The van der Waals surface area contributed by atoms with E-state index >= 15 is 4.39 Å². The van der Waals surface area contributed by atoms with Crippen LogP contribution in [0.5, 0.6) is 0 Å². The normalized spacial score (nSPS) is 18.7. The lowest BCUT2D eigenvalue weighted by Gasteiger charge is -2.28. The maximum atomic E-state index is 15.4. The summed E-state index contributed by atoms with van der Waals surface area (Å²) in [7, 11) is 0. The fourth-order valence-electron chi connectivity index (χ4n) is 5.43. The average Bonchev–Trinajstić information content (AvgIpc) is 2.83. The molecule has 0 aromatic heterocycles. The zero-order chi connectivity index (χ0) is 22.3. The zero-order valence-corrected chi connectivity index (χ0v) is 19.6. The van der Waals surface area contributed by atoms with E-state index in [0.717, 1.165) is 47.4 Å². The standard InChI is InChI=1S/C31H37F/c1-3-5-7-24-14-17-27(18-15-24)29-21-19-28-22-26(16-20-30(28)31(29)32)13-12-25-10-8-23(6-4-2)9-11-25/h3,14-23,25H,1,4-13H2,2H3. The Kier molecular flexibility index (Phi) is 7.79. The number of benzene rings is 3. The summed E-state index contributed by atoms with van der Waals surface area (Å²) in [5, 5.41) is 1.74. The Morgan fingerprint density at radius 3 is 2.22 bits per heavy atom. The first-order valence-corrected chi connectivity index (χ1v) is 12.6. The van der Waals surface area contributed by atoms with E-state index in [9.17, 15) is 0 Å². The molecular weight excluding hydrogens is 391 g/mol. The van der Waals surface area contributed by atoms with Crippen molar-refractivity contribution in [1.82, 2.24) is 0 Å². The molecule has 0 heterocycles. The van der Waals surface area contributed by atoms with Gasteiger partial charge in [0.25, 0.3) is 0 Å². The second kappa shape index (κ2) is 10.9. The minimum Gasteiger partial charge on any atom is -0.206 e. The summed E-state index contributed by atoms with van der Waals surface area (Å²) in [6.07, 6.45) is 14.6. The van der Waals surface area contributed by atoms with Crippen LogP contribution in [0.15, 0.2) is 67.3 Å². The van der Waals surface area contributed by atoms with Crippen molar-refractivity contribution in [3.8, 4) is 11.1 Å². The molecule has 3 aromatic rings. The van der Waals surface area contributed by atoms with Crippen LogP contribution in [0.3, 0.4) is 0 Å². The van der Waals surface area contributed by atoms with Crippen molar-refractivity contribution in [3.63, 3.8) is 0 Å². The SMILES string of the molecule is C=CCCc1ccc(-c2ccc3cc(CCC4CCC(CCC)CC4)ccc3c2F)cc1. The van der Waals surface area contributed by atoms with Crippen LogP contribution in [0.4, 0.5) is 4.39 Å². The van der Waals surface area contributed by atoms with Crippen molar-refractivity contribution in [1.29, 1.82) is 0 Å². The number of fused-ring (bicyclic) bond motifs is 1. The predicted octanol–water partition coefficient (Wildman–Crippen LogP) is 9.30. The van der Waals surface area contributed by atoms with Gasteiger partial charge in [-0.1, -0.05) is 106 Å². The third-order valence-electron chi connectivity index (χ3n) is 7.43. The van der Waals surface area contributed by atoms with Gasteiger partial charge in [-0.15, -0.1) is 6.58 Å². The molecule has 0 saturated heterocycles. The maximum Gasteiger partial charge on any atom is 0.138 e. The second-order valence-corrected chi connectivity index (χ2v) is 9.72. The molecule has 1 saturated carbocycles. The molecule has 0 amide bonds. The molecule has 168 valence electrons. The number of rotatable bonds is 9. The number of hydrogen-bond acceptors (Lipinski definition) is 0. The Morgan fingerprint density at radius 2 is 1.53 bits per heavy atom. The minimum atomic E-state index is -0.109. The van der Waals surface area contributed by atoms with Crippen molar-refractivity contribution in [2.24, 2.45) is 11.8 Å². The number of allylic oxidation sites excluding steroid dienone is 1. The molecule has 0 aliphatic heterocycles. The predicted molar refractivity (Wildman–Crippen MR) is 137 cm³/mol. The van der Waals surface area contributed by atoms with Crippen LogP contribution in [-0.4, -0.2) is 0 Å². The molecule has 0 unspecified atom stereocenters. The van der Waals surface area contributed by atoms with Gasteiger partial charge in [0, 0.05) is 10.9 Å². The first kappa shape index (κ1) is 22.8. The Hall–Kier alpha value is -2.41. The van der Waals surface area contributed by atoms with E-state index < -0.39 is 0 Å². The van der Waals surface area contributed by atoms with E-state index in [1.807, 2.05) is 30.3 Å². The molecule has 1 aliphatic carbocycles. The fraction of sp³-hybridized carbons (Fsp3) is 0.419. The van der Waals surface area contributed by atoms with Gasteiger partial charge in [-0.2, -0.15) is 0 Å². The molecular formula is C31H37F. The zero-order valence-electron chi connectivity index (χ0n) is 19.6. The lowest BCUT2D eigenvalue weighted by molar-refractivity contribution is 0.252. The molecule has 32 heavy (non-hydrogen) atoms. The monoisotopic (exact) mass is 428 g/mol. The van der Waals surface area contributed by atoms with Crippen LogP contribution in [-0.2, 0) is 12.8 Å². The van der Waals surface area contributed by atoms with Gasteiger partial charge in [0.05, 0.1) is 0 Å². The van der Waals surface area contributed by atoms with Crippen LogP contribution in [0.2, 0.25) is 0 Å².